The van der Waals surface area contributed by atoms with E-state index in [1.807, 2.05) is 45.5 Å². The van der Waals surface area contributed by atoms with Crippen LogP contribution in [0, 0.1) is 6.92 Å². The summed E-state index contributed by atoms with van der Waals surface area (Å²) in [6, 6.07) is 1.70. The van der Waals surface area contributed by atoms with Crippen LogP contribution in [0.5, 0.6) is 0 Å². The summed E-state index contributed by atoms with van der Waals surface area (Å²) < 4.78 is 8.56. The summed E-state index contributed by atoms with van der Waals surface area (Å²) >= 11 is 1.83. The zero-order chi connectivity index (χ0) is 23.0. The minimum atomic E-state index is -0.546. The van der Waals surface area contributed by atoms with Crippen molar-refractivity contribution in [3.05, 3.63) is 38.7 Å². The van der Waals surface area contributed by atoms with Crippen molar-refractivity contribution in [2.24, 2.45) is 0 Å². The molecule has 1 saturated carbocycles. The van der Waals surface area contributed by atoms with Crippen LogP contribution in [0.2, 0.25) is 0 Å². The lowest BCUT2D eigenvalue weighted by Crippen LogP contribution is -2.46. The third kappa shape index (κ3) is 4.72. The summed E-state index contributed by atoms with van der Waals surface area (Å²) in [5.41, 5.74) is 0.337. The van der Waals surface area contributed by atoms with Gasteiger partial charge < -0.3 is 10.1 Å². The monoisotopic (exact) mass is 460 g/mol. The molecule has 2 aliphatic rings. The number of hydrogen-bond donors (Lipinski definition) is 1. The molecule has 4 rings (SSSR count). The zero-order valence-electron chi connectivity index (χ0n) is 19.2. The van der Waals surface area contributed by atoms with E-state index in [1.165, 1.54) is 4.57 Å². The van der Waals surface area contributed by atoms with Crippen molar-refractivity contribution in [1.82, 2.24) is 19.4 Å². The van der Waals surface area contributed by atoms with E-state index in [0.717, 1.165) is 23.5 Å². The van der Waals surface area contributed by atoms with Crippen LogP contribution < -0.4 is 16.6 Å². The van der Waals surface area contributed by atoms with Crippen LogP contribution in [-0.4, -0.2) is 43.4 Å². The highest BCUT2D eigenvalue weighted by molar-refractivity contribution is 7.99. The lowest BCUT2D eigenvalue weighted by atomic mass is 9.91. The highest BCUT2D eigenvalue weighted by Gasteiger charge is 2.30. The summed E-state index contributed by atoms with van der Waals surface area (Å²) in [4.78, 5) is 43.6. The van der Waals surface area contributed by atoms with Crippen molar-refractivity contribution >= 4 is 28.9 Å². The molecule has 9 heteroatoms. The van der Waals surface area contributed by atoms with Crippen molar-refractivity contribution in [3.8, 4) is 0 Å². The Bertz CT molecular complexity index is 1120. The summed E-state index contributed by atoms with van der Waals surface area (Å²) in [6.45, 7) is 7.41. The number of rotatable bonds is 3. The van der Waals surface area contributed by atoms with Gasteiger partial charge in [-0.2, -0.15) is 11.8 Å². The Kier molecular flexibility index (Phi) is 6.38. The van der Waals surface area contributed by atoms with E-state index in [4.69, 9.17) is 4.74 Å². The third-order valence-electron chi connectivity index (χ3n) is 6.15. The van der Waals surface area contributed by atoms with Crippen LogP contribution in [0.3, 0.4) is 0 Å². The number of thioether (sulfide) groups is 1. The fraction of sp³-hybridized carbons (Fsp3) is 0.652. The molecule has 1 N–H and O–H groups in total. The maximum absolute atomic E-state index is 13.6. The first-order chi connectivity index (χ1) is 15.1. The van der Waals surface area contributed by atoms with E-state index in [0.29, 0.717) is 36.7 Å². The second kappa shape index (κ2) is 8.92. The Balaban J connectivity index is 1.62. The van der Waals surface area contributed by atoms with E-state index in [-0.39, 0.29) is 29.4 Å². The van der Waals surface area contributed by atoms with Crippen LogP contribution in [-0.2, 0) is 4.74 Å². The topological polar surface area (TPSA) is 95.2 Å². The Labute approximate surface area is 191 Å². The van der Waals surface area contributed by atoms with E-state index in [1.54, 1.807) is 10.8 Å². The first kappa shape index (κ1) is 22.9. The SMILES string of the molecule is Cc1cnc2c(c1)c(=O)n(C1CCC(NC(=O)OC(C)(C)C)CC1)c(=O)n2C1CCSC1. The first-order valence-electron chi connectivity index (χ1n) is 11.3. The van der Waals surface area contributed by atoms with Crippen LogP contribution >= 0.6 is 11.8 Å². The Morgan fingerprint density at radius 2 is 1.84 bits per heavy atom. The molecule has 0 radical (unpaired) electrons. The van der Waals surface area contributed by atoms with Crippen LogP contribution in [0.15, 0.2) is 21.9 Å². The standard InChI is InChI=1S/C23H32N4O4S/c1-14-11-18-19(24-12-14)26(17-9-10-32-13-17)22(30)27(20(18)28)16-7-5-15(6-8-16)25-21(29)31-23(2,3)4/h11-12,15-17H,5-10,13H2,1-4H3,(H,25,29). The molecule has 8 nitrogen and oxygen atoms in total. The van der Waals surface area contributed by atoms with Crippen molar-refractivity contribution in [1.29, 1.82) is 0 Å². The van der Waals surface area contributed by atoms with Gasteiger partial charge in [0.15, 0.2) is 0 Å². The van der Waals surface area contributed by atoms with Gasteiger partial charge in [0, 0.05) is 24.0 Å². The van der Waals surface area contributed by atoms with Gasteiger partial charge in [-0.3, -0.25) is 13.9 Å². The molecule has 1 atom stereocenters. The predicted octanol–water partition coefficient (Wildman–Crippen LogP) is 3.55. The summed E-state index contributed by atoms with van der Waals surface area (Å²) in [7, 11) is 0. The van der Waals surface area contributed by atoms with Gasteiger partial charge in [-0.1, -0.05) is 0 Å². The molecule has 1 unspecified atom stereocenters. The molecule has 1 aliphatic carbocycles. The lowest BCUT2D eigenvalue weighted by molar-refractivity contribution is 0.0487. The van der Waals surface area contributed by atoms with Crippen LogP contribution in [0.25, 0.3) is 11.0 Å². The largest absolute Gasteiger partial charge is 0.444 e. The molecule has 1 aliphatic heterocycles. The molecule has 1 saturated heterocycles. The minimum absolute atomic E-state index is 0.0189. The number of alkyl carbamates (subject to hydrolysis) is 1. The normalized spacial score (nSPS) is 23.9. The van der Waals surface area contributed by atoms with Gasteiger partial charge in [-0.15, -0.1) is 0 Å². The second-order valence-corrected chi connectivity index (χ2v) is 11.0. The number of nitrogens with one attached hydrogen (secondary N) is 1. The maximum atomic E-state index is 13.6. The summed E-state index contributed by atoms with van der Waals surface area (Å²) in [5, 5.41) is 3.43. The van der Waals surface area contributed by atoms with Crippen LogP contribution in [0.1, 0.15) is 70.5 Å². The van der Waals surface area contributed by atoms with Gasteiger partial charge in [-0.25, -0.2) is 14.6 Å². The van der Waals surface area contributed by atoms with Crippen molar-refractivity contribution in [2.45, 2.75) is 83.5 Å². The van der Waals surface area contributed by atoms with Gasteiger partial charge in [0.05, 0.1) is 11.4 Å². The van der Waals surface area contributed by atoms with E-state index < -0.39 is 11.7 Å². The van der Waals surface area contributed by atoms with Crippen molar-refractivity contribution < 1.29 is 9.53 Å². The molecule has 0 bridgehead atoms. The number of nitrogens with zero attached hydrogens (tertiary/aromatic N) is 3. The molecule has 2 aromatic rings. The Morgan fingerprint density at radius 1 is 1.12 bits per heavy atom. The molecule has 174 valence electrons. The van der Waals surface area contributed by atoms with Gasteiger partial charge in [0.1, 0.15) is 11.2 Å². The fourth-order valence-corrected chi connectivity index (χ4v) is 5.86. The van der Waals surface area contributed by atoms with Gasteiger partial charge in [0.25, 0.3) is 5.56 Å². The number of aromatic nitrogens is 3. The molecule has 0 aromatic carbocycles. The van der Waals surface area contributed by atoms with Gasteiger partial charge in [0.2, 0.25) is 0 Å². The number of aryl methyl sites for hydroxylation is 1. The Hall–Kier alpha value is -2.29. The second-order valence-electron chi connectivity index (χ2n) is 9.88. The molecule has 2 fully saturated rings. The van der Waals surface area contributed by atoms with E-state index >= 15 is 0 Å². The summed E-state index contributed by atoms with van der Waals surface area (Å²) in [5.74, 6) is 1.86. The molecular weight excluding hydrogens is 428 g/mol. The predicted molar refractivity (Wildman–Crippen MR) is 127 cm³/mol. The van der Waals surface area contributed by atoms with E-state index in [2.05, 4.69) is 10.3 Å². The molecule has 3 heterocycles. The number of amides is 1. The number of pyridine rings is 1. The van der Waals surface area contributed by atoms with Crippen molar-refractivity contribution in [3.63, 3.8) is 0 Å². The molecule has 0 spiro atoms. The zero-order valence-corrected chi connectivity index (χ0v) is 20.0. The molecule has 2 aromatic heterocycles. The Morgan fingerprint density at radius 3 is 2.47 bits per heavy atom. The van der Waals surface area contributed by atoms with E-state index in [9.17, 15) is 14.4 Å². The van der Waals surface area contributed by atoms with Crippen molar-refractivity contribution in [2.75, 3.05) is 11.5 Å². The highest BCUT2D eigenvalue weighted by Crippen LogP contribution is 2.30. The quantitative estimate of drug-likeness (QED) is 0.753. The minimum Gasteiger partial charge on any atom is -0.444 e. The fourth-order valence-electron chi connectivity index (χ4n) is 4.66. The van der Waals surface area contributed by atoms with Gasteiger partial charge in [-0.05, 0) is 77.2 Å². The first-order valence-corrected chi connectivity index (χ1v) is 12.5. The molecule has 1 amide bonds. The lowest BCUT2D eigenvalue weighted by Gasteiger charge is -2.31. The number of carbonyl (C=O) groups is 1. The molecular formula is C23H32N4O4S. The van der Waals surface area contributed by atoms with Crippen LogP contribution in [0.4, 0.5) is 4.79 Å². The molecule has 32 heavy (non-hydrogen) atoms. The average Bonchev–Trinajstić information content (AvgIpc) is 3.23. The number of carbonyl (C=O) groups excluding carboxylic acids is 1. The van der Waals surface area contributed by atoms with Gasteiger partial charge >= 0.3 is 11.8 Å². The summed E-state index contributed by atoms with van der Waals surface area (Å²) in [6.07, 6.45) is 4.89. The highest BCUT2D eigenvalue weighted by atomic mass is 32.2. The number of ether oxygens (including phenoxy) is 1. The number of fused-ring (bicyclic) bond motifs is 1. The average molecular weight is 461 g/mol. The smallest absolute Gasteiger partial charge is 0.407 e. The maximum Gasteiger partial charge on any atom is 0.407 e. The third-order valence-corrected chi connectivity index (χ3v) is 7.29. The number of hydrogen-bond acceptors (Lipinski definition) is 6.